The van der Waals surface area contributed by atoms with E-state index in [1.54, 1.807) is 6.92 Å². The second-order valence-electron chi connectivity index (χ2n) is 4.06. The van der Waals surface area contributed by atoms with Crippen molar-refractivity contribution in [3.63, 3.8) is 0 Å². The van der Waals surface area contributed by atoms with Crippen molar-refractivity contribution in [1.29, 1.82) is 0 Å². The quantitative estimate of drug-likeness (QED) is 0.895. The molecule has 1 aromatic carbocycles. The summed E-state index contributed by atoms with van der Waals surface area (Å²) in [5.41, 5.74) is 4.50. The minimum absolute atomic E-state index is 0.0109. The Bertz CT molecular complexity index is 459. The fraction of sp³-hybridized carbons (Fsp3) is 0.417. The molecule has 0 heterocycles. The molecular weight excluding hydrogens is 281 g/mol. The highest BCUT2D eigenvalue weighted by atomic mass is 35.5. The van der Waals surface area contributed by atoms with Crippen LogP contribution in [0.25, 0.3) is 0 Å². The lowest BCUT2D eigenvalue weighted by molar-refractivity contribution is -0.137. The minimum Gasteiger partial charge on any atom is -0.330 e. The summed E-state index contributed by atoms with van der Waals surface area (Å²) in [5, 5.41) is 2.30. The maximum absolute atomic E-state index is 12.6. The van der Waals surface area contributed by atoms with Gasteiger partial charge in [-0.25, -0.2) is 0 Å². The van der Waals surface area contributed by atoms with Gasteiger partial charge in [0.25, 0.3) is 0 Å². The Hall–Kier alpha value is -1.27. The highest BCUT2D eigenvalue weighted by Gasteiger charge is 2.31. The number of alkyl halides is 3. The minimum atomic E-state index is -4.51. The van der Waals surface area contributed by atoms with Crippen LogP contribution in [0.1, 0.15) is 18.9 Å². The van der Waals surface area contributed by atoms with E-state index in [4.69, 9.17) is 17.3 Å². The van der Waals surface area contributed by atoms with Crippen molar-refractivity contribution in [2.45, 2.75) is 19.5 Å². The van der Waals surface area contributed by atoms with E-state index in [-0.39, 0.29) is 17.3 Å². The predicted octanol–water partition coefficient (Wildman–Crippen LogP) is 3.28. The van der Waals surface area contributed by atoms with Gasteiger partial charge in [0.1, 0.15) is 0 Å². The highest BCUT2D eigenvalue weighted by molar-refractivity contribution is 6.31. The van der Waals surface area contributed by atoms with Gasteiger partial charge in [-0.2, -0.15) is 13.2 Å². The lowest BCUT2D eigenvalue weighted by Crippen LogP contribution is -2.28. The van der Waals surface area contributed by atoms with Crippen molar-refractivity contribution in [1.82, 2.24) is 0 Å². The van der Waals surface area contributed by atoms with Crippen molar-refractivity contribution in [2.24, 2.45) is 11.7 Å². The molecule has 19 heavy (non-hydrogen) atoms. The first-order chi connectivity index (χ1) is 8.77. The molecule has 0 aliphatic heterocycles. The van der Waals surface area contributed by atoms with Crippen LogP contribution in [-0.4, -0.2) is 12.5 Å². The number of rotatable bonds is 4. The fourth-order valence-electron chi connectivity index (χ4n) is 1.53. The Balaban J connectivity index is 2.96. The maximum atomic E-state index is 12.6. The van der Waals surface area contributed by atoms with Gasteiger partial charge in [-0.15, -0.1) is 0 Å². The van der Waals surface area contributed by atoms with Crippen LogP contribution in [0.2, 0.25) is 5.02 Å². The molecule has 0 aromatic heterocycles. The zero-order chi connectivity index (χ0) is 14.6. The summed E-state index contributed by atoms with van der Waals surface area (Å²) in [6, 6.07) is 2.91. The van der Waals surface area contributed by atoms with Crippen molar-refractivity contribution in [3.05, 3.63) is 28.8 Å². The second kappa shape index (κ2) is 6.25. The van der Waals surface area contributed by atoms with Crippen LogP contribution < -0.4 is 11.1 Å². The number of carbonyl (C=O) groups excluding carboxylic acids is 1. The third-order valence-electron chi connectivity index (χ3n) is 2.64. The molecule has 1 aromatic rings. The number of nitrogens with two attached hydrogens (primary N) is 1. The smallest absolute Gasteiger partial charge is 0.330 e. The van der Waals surface area contributed by atoms with E-state index < -0.39 is 23.6 Å². The zero-order valence-corrected chi connectivity index (χ0v) is 11.0. The van der Waals surface area contributed by atoms with E-state index in [2.05, 4.69) is 5.32 Å². The van der Waals surface area contributed by atoms with E-state index in [0.29, 0.717) is 6.42 Å². The molecule has 3 nitrogen and oxygen atoms in total. The van der Waals surface area contributed by atoms with Gasteiger partial charge >= 0.3 is 6.18 Å². The van der Waals surface area contributed by atoms with Crippen LogP contribution in [0, 0.1) is 5.92 Å². The molecule has 3 N–H and O–H groups in total. The Morgan fingerprint density at radius 2 is 2.05 bits per heavy atom. The first-order valence-corrected chi connectivity index (χ1v) is 6.04. The van der Waals surface area contributed by atoms with Gasteiger partial charge in [0.2, 0.25) is 5.91 Å². The highest BCUT2D eigenvalue weighted by Crippen LogP contribution is 2.33. The van der Waals surface area contributed by atoms with Crippen LogP contribution in [0.5, 0.6) is 0 Å². The van der Waals surface area contributed by atoms with Gasteiger partial charge < -0.3 is 11.1 Å². The normalized spacial score (nSPS) is 13.2. The molecule has 0 bridgehead atoms. The van der Waals surface area contributed by atoms with Crippen LogP contribution in [-0.2, 0) is 11.0 Å². The molecule has 0 aliphatic rings. The summed E-state index contributed by atoms with van der Waals surface area (Å²) in [4.78, 5) is 11.7. The summed E-state index contributed by atoms with van der Waals surface area (Å²) in [7, 11) is 0. The van der Waals surface area contributed by atoms with Crippen molar-refractivity contribution in [3.8, 4) is 0 Å². The average molecular weight is 295 g/mol. The SMILES string of the molecule is CCC(CN)C(=O)Nc1cc(Cl)cc(C(F)(F)F)c1. The molecule has 0 radical (unpaired) electrons. The Morgan fingerprint density at radius 3 is 2.53 bits per heavy atom. The van der Waals surface area contributed by atoms with Crippen LogP contribution >= 0.6 is 11.6 Å². The van der Waals surface area contributed by atoms with E-state index in [0.717, 1.165) is 12.1 Å². The van der Waals surface area contributed by atoms with Gasteiger partial charge in [0.05, 0.1) is 11.5 Å². The molecule has 7 heteroatoms. The van der Waals surface area contributed by atoms with E-state index in [1.165, 1.54) is 6.07 Å². The first kappa shape index (κ1) is 15.8. The number of nitrogens with one attached hydrogen (secondary N) is 1. The molecule has 1 rings (SSSR count). The van der Waals surface area contributed by atoms with Gasteiger partial charge in [-0.3, -0.25) is 4.79 Å². The third kappa shape index (κ3) is 4.40. The Morgan fingerprint density at radius 1 is 1.42 bits per heavy atom. The average Bonchev–Trinajstić information content (AvgIpc) is 2.28. The first-order valence-electron chi connectivity index (χ1n) is 5.66. The molecule has 1 atom stereocenters. The van der Waals surface area contributed by atoms with Gasteiger partial charge in [-0.05, 0) is 24.6 Å². The number of hydrogen-bond acceptors (Lipinski definition) is 2. The van der Waals surface area contributed by atoms with Crippen LogP contribution in [0.15, 0.2) is 18.2 Å². The Labute approximate surface area is 113 Å². The topological polar surface area (TPSA) is 55.1 Å². The van der Waals surface area contributed by atoms with Gasteiger partial charge in [0.15, 0.2) is 0 Å². The van der Waals surface area contributed by atoms with E-state index in [1.807, 2.05) is 0 Å². The summed E-state index contributed by atoms with van der Waals surface area (Å²) in [6.07, 6.45) is -4.00. The lowest BCUT2D eigenvalue weighted by Gasteiger charge is -2.14. The van der Waals surface area contributed by atoms with E-state index >= 15 is 0 Å². The fourth-order valence-corrected chi connectivity index (χ4v) is 1.76. The standard InChI is InChI=1S/C12H14ClF3N2O/c1-2-7(6-17)11(19)18-10-4-8(12(14,15)16)3-9(13)5-10/h3-5,7H,2,6,17H2,1H3,(H,18,19). The monoisotopic (exact) mass is 294 g/mol. The summed E-state index contributed by atoms with van der Waals surface area (Å²) in [5.74, 6) is -0.853. The summed E-state index contributed by atoms with van der Waals surface area (Å²) < 4.78 is 37.8. The number of halogens is 4. The Kier molecular flexibility index (Phi) is 5.20. The van der Waals surface area contributed by atoms with Crippen molar-refractivity contribution in [2.75, 3.05) is 11.9 Å². The number of anilines is 1. The number of hydrogen-bond donors (Lipinski definition) is 2. The number of benzene rings is 1. The second-order valence-corrected chi connectivity index (χ2v) is 4.49. The molecule has 1 amide bonds. The molecular formula is C12H14ClF3N2O. The largest absolute Gasteiger partial charge is 0.416 e. The number of amides is 1. The molecule has 0 spiro atoms. The zero-order valence-electron chi connectivity index (χ0n) is 10.2. The molecule has 106 valence electrons. The molecule has 0 fully saturated rings. The maximum Gasteiger partial charge on any atom is 0.416 e. The van der Waals surface area contributed by atoms with Crippen LogP contribution in [0.3, 0.4) is 0 Å². The van der Waals surface area contributed by atoms with Crippen molar-refractivity contribution < 1.29 is 18.0 Å². The number of carbonyl (C=O) groups is 1. The molecule has 0 aliphatic carbocycles. The van der Waals surface area contributed by atoms with Gasteiger partial charge in [-0.1, -0.05) is 18.5 Å². The van der Waals surface area contributed by atoms with Gasteiger partial charge in [0, 0.05) is 17.3 Å². The third-order valence-corrected chi connectivity index (χ3v) is 2.86. The summed E-state index contributed by atoms with van der Waals surface area (Å²) in [6.45, 7) is 1.91. The lowest BCUT2D eigenvalue weighted by atomic mass is 10.1. The van der Waals surface area contributed by atoms with Crippen molar-refractivity contribution >= 4 is 23.2 Å². The van der Waals surface area contributed by atoms with Crippen LogP contribution in [0.4, 0.5) is 18.9 Å². The summed E-state index contributed by atoms with van der Waals surface area (Å²) >= 11 is 5.61. The molecule has 0 saturated heterocycles. The van der Waals surface area contributed by atoms with E-state index in [9.17, 15) is 18.0 Å². The predicted molar refractivity (Wildman–Crippen MR) is 67.9 cm³/mol. The molecule has 0 saturated carbocycles. The molecule has 1 unspecified atom stereocenters.